The van der Waals surface area contributed by atoms with Crippen LogP contribution in [0.1, 0.15) is 65.6 Å². The van der Waals surface area contributed by atoms with Gasteiger partial charge in [-0.05, 0) is 62.3 Å². The molecule has 0 radical (unpaired) electrons. The number of aliphatic hydroxyl groups is 1. The van der Waals surface area contributed by atoms with Gasteiger partial charge in [0.25, 0.3) is 11.6 Å². The summed E-state index contributed by atoms with van der Waals surface area (Å²) in [5.74, 6) is -0.162. The number of hydrogen-bond donors (Lipinski definition) is 1. The van der Waals surface area contributed by atoms with Crippen LogP contribution in [0.25, 0.3) is 0 Å². The molecule has 5 rings (SSSR count). The molecule has 3 aromatic carbocycles. The van der Waals surface area contributed by atoms with Crippen molar-refractivity contribution in [2.45, 2.75) is 63.0 Å². The molecule has 1 saturated carbocycles. The van der Waals surface area contributed by atoms with Crippen molar-refractivity contribution in [1.29, 1.82) is 0 Å². The molecule has 1 amide bonds. The van der Waals surface area contributed by atoms with Gasteiger partial charge in [0.2, 0.25) is 0 Å². The minimum Gasteiger partial charge on any atom is -0.393 e. The van der Waals surface area contributed by atoms with E-state index in [2.05, 4.69) is 0 Å². The van der Waals surface area contributed by atoms with Crippen molar-refractivity contribution in [3.63, 3.8) is 0 Å². The van der Waals surface area contributed by atoms with E-state index in [-0.39, 0.29) is 30.3 Å². The molecule has 0 spiro atoms. The lowest BCUT2D eigenvalue weighted by molar-refractivity contribution is -0.384. The molecule has 3 aromatic rings. The minimum absolute atomic E-state index is 0.00305. The first-order chi connectivity index (χ1) is 17.9. The van der Waals surface area contributed by atoms with E-state index in [9.17, 15) is 20.0 Å². The van der Waals surface area contributed by atoms with Crippen molar-refractivity contribution in [3.05, 3.63) is 110 Å². The van der Waals surface area contributed by atoms with Crippen LogP contribution in [0.4, 0.5) is 5.69 Å². The summed E-state index contributed by atoms with van der Waals surface area (Å²) in [6.07, 6.45) is 4.27. The number of nitro groups is 1. The predicted molar refractivity (Wildman–Crippen MR) is 140 cm³/mol. The van der Waals surface area contributed by atoms with Gasteiger partial charge in [-0.1, -0.05) is 54.1 Å². The van der Waals surface area contributed by atoms with Crippen molar-refractivity contribution < 1.29 is 19.6 Å². The molecule has 1 N–H and O–H groups in total. The number of fused-ring (bicyclic) bond motifs is 1. The Morgan fingerprint density at radius 3 is 2.27 bits per heavy atom. The van der Waals surface area contributed by atoms with Crippen molar-refractivity contribution in [2.75, 3.05) is 0 Å². The van der Waals surface area contributed by atoms with Gasteiger partial charge >= 0.3 is 0 Å². The lowest BCUT2D eigenvalue weighted by atomic mass is 9.91. The summed E-state index contributed by atoms with van der Waals surface area (Å²) in [5, 5.41) is 21.9. The first-order valence-corrected chi connectivity index (χ1v) is 13.0. The molecule has 1 aliphatic carbocycles. The van der Waals surface area contributed by atoms with Crippen molar-refractivity contribution >= 4 is 23.2 Å². The Bertz CT molecular complexity index is 1270. The molecule has 37 heavy (non-hydrogen) atoms. The number of hydrogen-bond acceptors (Lipinski definition) is 5. The molecule has 192 valence electrons. The number of carbonyl (C=O) groups excluding carboxylic acids is 1. The monoisotopic (exact) mass is 520 g/mol. The van der Waals surface area contributed by atoms with E-state index in [4.69, 9.17) is 16.3 Å². The summed E-state index contributed by atoms with van der Waals surface area (Å²) in [7, 11) is 0. The number of nitro benzene ring substituents is 1. The number of benzene rings is 3. The highest BCUT2D eigenvalue weighted by atomic mass is 35.5. The van der Waals surface area contributed by atoms with Gasteiger partial charge in [-0.25, -0.2) is 0 Å². The maximum Gasteiger partial charge on any atom is 0.269 e. The fourth-order valence-electron chi connectivity index (χ4n) is 5.48. The maximum absolute atomic E-state index is 13.9. The Kier molecular flexibility index (Phi) is 7.29. The van der Waals surface area contributed by atoms with E-state index < -0.39 is 10.6 Å². The molecule has 1 heterocycles. The van der Waals surface area contributed by atoms with E-state index in [0.29, 0.717) is 10.6 Å². The molecule has 7 nitrogen and oxygen atoms in total. The van der Waals surface area contributed by atoms with Gasteiger partial charge in [-0.15, -0.1) is 0 Å². The van der Waals surface area contributed by atoms with Gasteiger partial charge in [0.05, 0.1) is 17.1 Å². The highest BCUT2D eigenvalue weighted by molar-refractivity contribution is 6.30. The third kappa shape index (κ3) is 4.99. The Morgan fingerprint density at radius 2 is 1.62 bits per heavy atom. The van der Waals surface area contributed by atoms with Crippen LogP contribution in [0.5, 0.6) is 0 Å². The summed E-state index contributed by atoms with van der Waals surface area (Å²) in [5.41, 5.74) is 1.69. The zero-order chi connectivity index (χ0) is 26.0. The largest absolute Gasteiger partial charge is 0.393 e. The van der Waals surface area contributed by atoms with E-state index in [1.54, 1.807) is 29.2 Å². The highest BCUT2D eigenvalue weighted by Crippen LogP contribution is 2.48. The van der Waals surface area contributed by atoms with Crippen molar-refractivity contribution in [2.24, 2.45) is 0 Å². The molecular weight excluding hydrogens is 492 g/mol. The molecule has 2 aliphatic rings. The standard InChI is InChI=1S/C29H29ClN2O5/c30-22-15-13-21(14-16-22)29(37-25-7-3-5-24(33)6-4-8-25)27-10-2-1-9-26(27)28(34)31(29)19-20-11-17-23(18-12-20)32(35)36/h1-2,9-18,24-25,33H,3-8,19H2. The van der Waals surface area contributed by atoms with Gasteiger partial charge in [0.1, 0.15) is 0 Å². The topological polar surface area (TPSA) is 92.9 Å². The molecule has 1 fully saturated rings. The van der Waals surface area contributed by atoms with Gasteiger partial charge in [0, 0.05) is 40.4 Å². The summed E-state index contributed by atoms with van der Waals surface area (Å²) < 4.78 is 7.05. The van der Waals surface area contributed by atoms with Crippen LogP contribution >= 0.6 is 11.6 Å². The third-order valence-corrected chi connectivity index (χ3v) is 7.59. The summed E-state index contributed by atoms with van der Waals surface area (Å²) in [6, 6.07) is 21.1. The van der Waals surface area contributed by atoms with Crippen LogP contribution in [0.3, 0.4) is 0 Å². The number of carbonyl (C=O) groups is 1. The SMILES string of the molecule is O=C1c2ccccc2C(OC2CCCC(O)CCC2)(c2ccc(Cl)cc2)N1Cc1ccc([N+](=O)[O-])cc1. The smallest absolute Gasteiger partial charge is 0.269 e. The average Bonchev–Trinajstić information content (AvgIpc) is 3.11. The van der Waals surface area contributed by atoms with Gasteiger partial charge < -0.3 is 9.84 Å². The van der Waals surface area contributed by atoms with Gasteiger partial charge in [0.15, 0.2) is 5.72 Å². The second-order valence-corrected chi connectivity index (χ2v) is 10.2. The van der Waals surface area contributed by atoms with E-state index in [1.807, 2.05) is 36.4 Å². The van der Waals surface area contributed by atoms with Crippen LogP contribution in [0, 0.1) is 10.1 Å². The van der Waals surface area contributed by atoms with Crippen LogP contribution < -0.4 is 0 Å². The fraction of sp³-hybridized carbons (Fsp3) is 0.345. The molecule has 1 atom stereocenters. The normalized spacial score (nSPS) is 23.8. The first-order valence-electron chi connectivity index (χ1n) is 12.6. The number of aliphatic hydroxyl groups excluding tert-OH is 1. The first kappa shape index (κ1) is 25.4. The number of halogens is 1. The zero-order valence-electron chi connectivity index (χ0n) is 20.4. The molecule has 1 aliphatic heterocycles. The summed E-state index contributed by atoms with van der Waals surface area (Å²) in [4.78, 5) is 26.4. The second kappa shape index (κ2) is 10.6. The fourth-order valence-corrected chi connectivity index (χ4v) is 5.61. The Labute approximate surface area is 220 Å². The quantitative estimate of drug-likeness (QED) is 0.308. The Balaban J connectivity index is 1.61. The van der Waals surface area contributed by atoms with Crippen LogP contribution in [-0.4, -0.2) is 33.0 Å². The number of nitrogens with zero attached hydrogens (tertiary/aromatic N) is 2. The molecular formula is C29H29ClN2O5. The predicted octanol–water partition coefficient (Wildman–Crippen LogP) is 6.21. The summed E-state index contributed by atoms with van der Waals surface area (Å²) >= 11 is 6.24. The van der Waals surface area contributed by atoms with Crippen molar-refractivity contribution in [3.8, 4) is 0 Å². The van der Waals surface area contributed by atoms with Crippen LogP contribution in [0.15, 0.2) is 72.8 Å². The van der Waals surface area contributed by atoms with Gasteiger partial charge in [-0.2, -0.15) is 0 Å². The Morgan fingerprint density at radius 1 is 0.973 bits per heavy atom. The zero-order valence-corrected chi connectivity index (χ0v) is 21.1. The van der Waals surface area contributed by atoms with Crippen LogP contribution in [-0.2, 0) is 17.0 Å². The van der Waals surface area contributed by atoms with E-state index in [0.717, 1.165) is 55.2 Å². The molecule has 1 unspecified atom stereocenters. The molecule has 0 aromatic heterocycles. The summed E-state index contributed by atoms with van der Waals surface area (Å²) in [6.45, 7) is 0.208. The number of ether oxygens (including phenoxy) is 1. The molecule has 0 saturated heterocycles. The van der Waals surface area contributed by atoms with E-state index in [1.165, 1.54) is 12.1 Å². The van der Waals surface area contributed by atoms with E-state index >= 15 is 0 Å². The number of amides is 1. The molecule has 8 heteroatoms. The second-order valence-electron chi connectivity index (χ2n) is 9.77. The maximum atomic E-state index is 13.9. The number of rotatable bonds is 6. The molecule has 0 bridgehead atoms. The van der Waals surface area contributed by atoms with Crippen LogP contribution in [0.2, 0.25) is 5.02 Å². The lowest BCUT2D eigenvalue weighted by Crippen LogP contribution is -2.48. The van der Waals surface area contributed by atoms with Crippen molar-refractivity contribution in [1.82, 2.24) is 4.90 Å². The minimum atomic E-state index is -1.19. The third-order valence-electron chi connectivity index (χ3n) is 7.34. The average molecular weight is 521 g/mol. The highest BCUT2D eigenvalue weighted by Gasteiger charge is 2.53. The number of non-ortho nitro benzene ring substituents is 1. The van der Waals surface area contributed by atoms with Gasteiger partial charge in [-0.3, -0.25) is 19.8 Å². The Hall–Kier alpha value is -3.26. The lowest BCUT2D eigenvalue weighted by Gasteiger charge is -2.42.